The first-order chi connectivity index (χ1) is 9.06. The van der Waals surface area contributed by atoms with Gasteiger partial charge in [0, 0.05) is 20.6 Å². The molecule has 0 heterocycles. The molecular formula is C14H11BrClNO2. The highest BCUT2D eigenvalue weighted by atomic mass is 79.9. The highest BCUT2D eigenvalue weighted by Gasteiger charge is 2.06. The molecule has 3 nitrogen and oxygen atoms in total. The van der Waals surface area contributed by atoms with Crippen LogP contribution in [0.5, 0.6) is 5.75 Å². The summed E-state index contributed by atoms with van der Waals surface area (Å²) in [6.07, 6.45) is 0. The number of rotatable bonds is 4. The molecular weight excluding hydrogens is 330 g/mol. The zero-order valence-electron chi connectivity index (χ0n) is 9.90. The molecule has 0 aromatic heterocycles. The molecule has 0 saturated heterocycles. The van der Waals surface area contributed by atoms with Crippen molar-refractivity contribution in [2.75, 3.05) is 0 Å². The third kappa shape index (κ3) is 3.72. The second kappa shape index (κ2) is 6.08. The number of amides is 1. The Bertz CT molecular complexity index is 599. The number of hydrogen-bond donors (Lipinski definition) is 1. The Kier molecular flexibility index (Phi) is 4.45. The monoisotopic (exact) mass is 339 g/mol. The van der Waals surface area contributed by atoms with Gasteiger partial charge in [-0.1, -0.05) is 33.6 Å². The van der Waals surface area contributed by atoms with Crippen LogP contribution in [0.3, 0.4) is 0 Å². The van der Waals surface area contributed by atoms with Crippen LogP contribution >= 0.6 is 27.5 Å². The fourth-order valence-electron chi connectivity index (χ4n) is 1.51. The van der Waals surface area contributed by atoms with Crippen LogP contribution in [0.2, 0.25) is 5.02 Å². The van der Waals surface area contributed by atoms with Crippen molar-refractivity contribution < 1.29 is 9.53 Å². The Morgan fingerprint density at radius 1 is 1.21 bits per heavy atom. The number of halogens is 2. The van der Waals surface area contributed by atoms with E-state index >= 15 is 0 Å². The molecule has 0 unspecified atom stereocenters. The van der Waals surface area contributed by atoms with Gasteiger partial charge in [0.1, 0.15) is 12.4 Å². The zero-order chi connectivity index (χ0) is 13.8. The largest absolute Gasteiger partial charge is 0.489 e. The van der Waals surface area contributed by atoms with Crippen LogP contribution in [0.15, 0.2) is 46.9 Å². The van der Waals surface area contributed by atoms with E-state index < -0.39 is 5.91 Å². The van der Waals surface area contributed by atoms with Crippen LogP contribution in [0.1, 0.15) is 15.9 Å². The van der Waals surface area contributed by atoms with E-state index in [2.05, 4.69) is 15.9 Å². The molecule has 0 fully saturated rings. The molecule has 2 rings (SSSR count). The minimum Gasteiger partial charge on any atom is -0.489 e. The normalized spacial score (nSPS) is 10.2. The lowest BCUT2D eigenvalue weighted by Crippen LogP contribution is -2.11. The van der Waals surface area contributed by atoms with E-state index in [9.17, 15) is 4.79 Å². The standard InChI is InChI=1S/C14H11BrClNO2/c15-11-3-5-12(6-4-11)19-8-10-2-1-9(14(17)18)7-13(10)16/h1-7H,8H2,(H2,17,18). The summed E-state index contributed by atoms with van der Waals surface area (Å²) in [7, 11) is 0. The summed E-state index contributed by atoms with van der Waals surface area (Å²) in [4.78, 5) is 11.0. The van der Waals surface area contributed by atoms with Crippen LogP contribution in [0.4, 0.5) is 0 Å². The molecule has 0 aliphatic heterocycles. The first kappa shape index (κ1) is 13.9. The zero-order valence-corrected chi connectivity index (χ0v) is 12.2. The van der Waals surface area contributed by atoms with Crippen LogP contribution in [-0.4, -0.2) is 5.91 Å². The van der Waals surface area contributed by atoms with Crippen LogP contribution in [0.25, 0.3) is 0 Å². The second-order valence-corrected chi connectivity index (χ2v) is 5.24. The van der Waals surface area contributed by atoms with Gasteiger partial charge in [-0.15, -0.1) is 0 Å². The lowest BCUT2D eigenvalue weighted by atomic mass is 10.1. The quantitative estimate of drug-likeness (QED) is 0.921. The maximum absolute atomic E-state index is 11.0. The van der Waals surface area contributed by atoms with Crippen molar-refractivity contribution in [3.05, 3.63) is 63.1 Å². The number of carbonyl (C=O) groups is 1. The van der Waals surface area contributed by atoms with Crippen molar-refractivity contribution in [3.8, 4) is 5.75 Å². The summed E-state index contributed by atoms with van der Waals surface area (Å²) in [6.45, 7) is 0.333. The Balaban J connectivity index is 2.07. The summed E-state index contributed by atoms with van der Waals surface area (Å²) < 4.78 is 6.60. The molecule has 19 heavy (non-hydrogen) atoms. The van der Waals surface area contributed by atoms with E-state index in [0.29, 0.717) is 17.2 Å². The van der Waals surface area contributed by atoms with E-state index in [1.807, 2.05) is 24.3 Å². The molecule has 5 heteroatoms. The number of hydrogen-bond acceptors (Lipinski definition) is 2. The topological polar surface area (TPSA) is 52.3 Å². The second-order valence-electron chi connectivity index (χ2n) is 3.91. The Labute approximate surface area is 124 Å². The molecule has 0 bridgehead atoms. The number of carbonyl (C=O) groups excluding carboxylic acids is 1. The van der Waals surface area contributed by atoms with Gasteiger partial charge in [-0.05, 0) is 36.4 Å². The molecule has 2 N–H and O–H groups in total. The summed E-state index contributed by atoms with van der Waals surface area (Å²) in [5.41, 5.74) is 6.37. The Morgan fingerprint density at radius 3 is 2.47 bits per heavy atom. The third-order valence-electron chi connectivity index (χ3n) is 2.55. The van der Waals surface area contributed by atoms with Crippen molar-refractivity contribution in [2.24, 2.45) is 5.73 Å². The molecule has 1 amide bonds. The van der Waals surface area contributed by atoms with Crippen molar-refractivity contribution in [3.63, 3.8) is 0 Å². The van der Waals surface area contributed by atoms with E-state index in [1.165, 1.54) is 0 Å². The Hall–Kier alpha value is -1.52. The maximum atomic E-state index is 11.0. The predicted octanol–water partition coefficient (Wildman–Crippen LogP) is 3.78. The number of ether oxygens (including phenoxy) is 1. The van der Waals surface area contributed by atoms with Gasteiger partial charge in [-0.25, -0.2) is 0 Å². The summed E-state index contributed by atoms with van der Waals surface area (Å²) in [5, 5.41) is 0.466. The molecule has 98 valence electrons. The van der Waals surface area contributed by atoms with Crippen LogP contribution < -0.4 is 10.5 Å². The number of benzene rings is 2. The number of primary amides is 1. The molecule has 2 aromatic rings. The summed E-state index contributed by atoms with van der Waals surface area (Å²) in [5.74, 6) is 0.250. The van der Waals surface area contributed by atoms with E-state index in [1.54, 1.807) is 18.2 Å². The number of nitrogens with two attached hydrogens (primary N) is 1. The molecule has 0 aliphatic rings. The van der Waals surface area contributed by atoms with Crippen molar-refractivity contribution in [2.45, 2.75) is 6.61 Å². The molecule has 0 atom stereocenters. The average molecular weight is 341 g/mol. The van der Waals surface area contributed by atoms with Crippen molar-refractivity contribution in [1.82, 2.24) is 0 Å². The predicted molar refractivity (Wildman–Crippen MR) is 78.4 cm³/mol. The van der Waals surface area contributed by atoms with Gasteiger partial charge in [0.2, 0.25) is 5.91 Å². The van der Waals surface area contributed by atoms with E-state index in [0.717, 1.165) is 15.8 Å². The molecule has 0 aliphatic carbocycles. The first-order valence-electron chi connectivity index (χ1n) is 5.53. The maximum Gasteiger partial charge on any atom is 0.248 e. The molecule has 0 spiro atoms. The highest BCUT2D eigenvalue weighted by Crippen LogP contribution is 2.21. The van der Waals surface area contributed by atoms with Crippen LogP contribution in [-0.2, 0) is 6.61 Å². The highest BCUT2D eigenvalue weighted by molar-refractivity contribution is 9.10. The minimum absolute atomic E-state index is 0.333. The van der Waals surface area contributed by atoms with Crippen LogP contribution in [0, 0.1) is 0 Å². The lowest BCUT2D eigenvalue weighted by Gasteiger charge is -2.08. The third-order valence-corrected chi connectivity index (χ3v) is 3.43. The lowest BCUT2D eigenvalue weighted by molar-refractivity contribution is 0.1000. The van der Waals surface area contributed by atoms with Gasteiger partial charge < -0.3 is 10.5 Å². The first-order valence-corrected chi connectivity index (χ1v) is 6.70. The van der Waals surface area contributed by atoms with Gasteiger partial charge in [-0.2, -0.15) is 0 Å². The molecule has 2 aromatic carbocycles. The van der Waals surface area contributed by atoms with Crippen molar-refractivity contribution >= 4 is 33.4 Å². The van der Waals surface area contributed by atoms with Crippen molar-refractivity contribution in [1.29, 1.82) is 0 Å². The van der Waals surface area contributed by atoms with E-state index in [-0.39, 0.29) is 0 Å². The summed E-state index contributed by atoms with van der Waals surface area (Å²) >= 11 is 9.42. The minimum atomic E-state index is -0.498. The van der Waals surface area contributed by atoms with Gasteiger partial charge in [0.15, 0.2) is 0 Å². The smallest absolute Gasteiger partial charge is 0.248 e. The molecule has 0 saturated carbocycles. The fourth-order valence-corrected chi connectivity index (χ4v) is 2.01. The average Bonchev–Trinajstić information content (AvgIpc) is 2.39. The SMILES string of the molecule is NC(=O)c1ccc(COc2ccc(Br)cc2)c(Cl)c1. The molecule has 0 radical (unpaired) electrons. The fraction of sp³-hybridized carbons (Fsp3) is 0.0714. The van der Waals surface area contributed by atoms with Gasteiger partial charge >= 0.3 is 0 Å². The van der Waals surface area contributed by atoms with E-state index in [4.69, 9.17) is 22.1 Å². The van der Waals surface area contributed by atoms with Gasteiger partial charge in [0.05, 0.1) is 0 Å². The summed E-state index contributed by atoms with van der Waals surface area (Å²) in [6, 6.07) is 12.4. The van der Waals surface area contributed by atoms with Gasteiger partial charge in [-0.3, -0.25) is 4.79 Å². The van der Waals surface area contributed by atoms with Gasteiger partial charge in [0.25, 0.3) is 0 Å². The Morgan fingerprint density at radius 2 is 1.89 bits per heavy atom.